The Balaban J connectivity index is 0.000000257. The summed E-state index contributed by atoms with van der Waals surface area (Å²) in [5.41, 5.74) is 2.24. The van der Waals surface area contributed by atoms with Crippen LogP contribution in [0.1, 0.15) is 38.1 Å². The lowest BCUT2D eigenvalue weighted by Crippen LogP contribution is -2.41. The van der Waals surface area contributed by atoms with Crippen LogP contribution in [0.2, 0.25) is 0 Å². The number of imide groups is 1. The van der Waals surface area contributed by atoms with Crippen LogP contribution < -0.4 is 4.74 Å². The first-order valence-electron chi connectivity index (χ1n) is 10.8. The summed E-state index contributed by atoms with van der Waals surface area (Å²) in [6.07, 6.45) is 2.48. The topological polar surface area (TPSA) is 49.9 Å². The molecule has 0 saturated carbocycles. The standard InChI is InChI=1S/C18H20N2O3.C9H9Cl/c1-19(2)10-5-11-20-17(21)13-7-4-6-12-15(23-3)9-8-14(16(12)13)18(20)22;1-2-9(10)8-6-4-3-5-7-8/h4,6-9H,5,10-11H2,1-3H3;2-7,9H,1H2. The molecule has 0 saturated heterocycles. The maximum absolute atomic E-state index is 12.7. The number of benzene rings is 3. The molecule has 1 aliphatic rings. The Bertz CT molecular complexity index is 1120. The van der Waals surface area contributed by atoms with Crippen molar-refractivity contribution in [3.8, 4) is 5.75 Å². The van der Waals surface area contributed by atoms with E-state index in [1.54, 1.807) is 31.4 Å². The predicted octanol–water partition coefficient (Wildman–Crippen LogP) is 5.55. The van der Waals surface area contributed by atoms with Crippen LogP contribution in [0.25, 0.3) is 10.8 Å². The van der Waals surface area contributed by atoms with Gasteiger partial charge in [0.05, 0.1) is 12.5 Å². The number of hydrogen-bond acceptors (Lipinski definition) is 4. The van der Waals surface area contributed by atoms with E-state index in [0.717, 1.165) is 23.9 Å². The third-order valence-corrected chi connectivity index (χ3v) is 5.91. The number of hydrogen-bond donors (Lipinski definition) is 0. The fourth-order valence-electron chi connectivity index (χ4n) is 3.82. The number of carbonyl (C=O) groups excluding carboxylic acids is 2. The van der Waals surface area contributed by atoms with Gasteiger partial charge in [-0.15, -0.1) is 18.2 Å². The summed E-state index contributed by atoms with van der Waals surface area (Å²) < 4.78 is 5.35. The molecule has 1 aliphatic heterocycles. The minimum atomic E-state index is -0.222. The van der Waals surface area contributed by atoms with E-state index in [9.17, 15) is 9.59 Å². The third-order valence-electron chi connectivity index (χ3n) is 5.48. The second-order valence-electron chi connectivity index (χ2n) is 8.01. The van der Waals surface area contributed by atoms with Gasteiger partial charge in [0.2, 0.25) is 0 Å². The molecule has 6 heteroatoms. The van der Waals surface area contributed by atoms with Gasteiger partial charge in [-0.2, -0.15) is 0 Å². The highest BCUT2D eigenvalue weighted by Gasteiger charge is 2.33. The molecule has 1 unspecified atom stereocenters. The zero-order valence-electron chi connectivity index (χ0n) is 19.3. The predicted molar refractivity (Wildman–Crippen MR) is 134 cm³/mol. The summed E-state index contributed by atoms with van der Waals surface area (Å²) in [6.45, 7) is 4.86. The number of halogens is 1. The Morgan fingerprint density at radius 2 is 1.67 bits per heavy atom. The number of alkyl halides is 1. The van der Waals surface area contributed by atoms with Crippen LogP contribution in [0.15, 0.2) is 73.3 Å². The molecule has 3 aromatic carbocycles. The van der Waals surface area contributed by atoms with Crippen LogP contribution in [-0.2, 0) is 0 Å². The number of nitrogens with zero attached hydrogens (tertiary/aromatic N) is 2. The summed E-state index contributed by atoms with van der Waals surface area (Å²) in [5.74, 6) is 0.229. The van der Waals surface area contributed by atoms with Gasteiger partial charge in [-0.3, -0.25) is 14.5 Å². The van der Waals surface area contributed by atoms with Crippen molar-refractivity contribution in [1.82, 2.24) is 9.80 Å². The monoisotopic (exact) mass is 464 g/mol. The first-order chi connectivity index (χ1) is 15.9. The van der Waals surface area contributed by atoms with Crippen LogP contribution in [0.4, 0.5) is 0 Å². The van der Waals surface area contributed by atoms with Crippen molar-refractivity contribution in [1.29, 1.82) is 0 Å². The lowest BCUT2D eigenvalue weighted by atomic mass is 9.93. The summed E-state index contributed by atoms with van der Waals surface area (Å²) >= 11 is 5.87. The molecule has 0 radical (unpaired) electrons. The van der Waals surface area contributed by atoms with Gasteiger partial charge < -0.3 is 9.64 Å². The van der Waals surface area contributed by atoms with Gasteiger partial charge in [0, 0.05) is 28.4 Å². The molecule has 1 atom stereocenters. The van der Waals surface area contributed by atoms with Crippen molar-refractivity contribution >= 4 is 34.2 Å². The Morgan fingerprint density at radius 1 is 1.00 bits per heavy atom. The molecular weight excluding hydrogens is 436 g/mol. The molecule has 1 heterocycles. The summed E-state index contributed by atoms with van der Waals surface area (Å²) in [6, 6.07) is 18.9. The molecule has 33 heavy (non-hydrogen) atoms. The number of rotatable bonds is 7. The molecule has 5 nitrogen and oxygen atoms in total. The molecule has 0 fully saturated rings. The smallest absolute Gasteiger partial charge is 0.261 e. The normalized spacial score (nSPS) is 13.5. The Hall–Kier alpha value is -3.15. The molecule has 0 aliphatic carbocycles. The van der Waals surface area contributed by atoms with Crippen LogP contribution in [-0.4, -0.2) is 55.9 Å². The number of methoxy groups -OCH3 is 1. The van der Waals surface area contributed by atoms with Crippen LogP contribution in [0.5, 0.6) is 5.75 Å². The van der Waals surface area contributed by atoms with Gasteiger partial charge in [-0.1, -0.05) is 48.5 Å². The lowest BCUT2D eigenvalue weighted by Gasteiger charge is -2.28. The third kappa shape index (κ3) is 5.44. The number of amides is 2. The van der Waals surface area contributed by atoms with E-state index >= 15 is 0 Å². The van der Waals surface area contributed by atoms with Crippen molar-refractivity contribution in [3.05, 3.63) is 90.0 Å². The molecule has 0 spiro atoms. The van der Waals surface area contributed by atoms with E-state index in [2.05, 4.69) is 6.58 Å². The molecule has 4 rings (SSSR count). The number of carbonyl (C=O) groups is 2. The number of allylic oxidation sites excluding steroid dienone is 1. The molecule has 0 N–H and O–H groups in total. The average molecular weight is 465 g/mol. The quantitative estimate of drug-likeness (QED) is 0.261. The zero-order chi connectivity index (χ0) is 24.0. The maximum atomic E-state index is 12.7. The largest absolute Gasteiger partial charge is 0.496 e. The highest BCUT2D eigenvalue weighted by molar-refractivity contribution is 6.26. The minimum absolute atomic E-state index is 0.0544. The first-order valence-corrected chi connectivity index (χ1v) is 11.2. The van der Waals surface area contributed by atoms with E-state index in [-0.39, 0.29) is 17.2 Å². The van der Waals surface area contributed by atoms with Crippen molar-refractivity contribution in [3.63, 3.8) is 0 Å². The molecule has 3 aromatic rings. The van der Waals surface area contributed by atoms with Gasteiger partial charge in [-0.25, -0.2) is 0 Å². The molecular formula is C27H29ClN2O3. The van der Waals surface area contributed by atoms with E-state index in [4.69, 9.17) is 16.3 Å². The van der Waals surface area contributed by atoms with Gasteiger partial charge in [0.15, 0.2) is 0 Å². The summed E-state index contributed by atoms with van der Waals surface area (Å²) in [4.78, 5) is 28.9. The van der Waals surface area contributed by atoms with Crippen molar-refractivity contribution in [2.75, 3.05) is 34.3 Å². The van der Waals surface area contributed by atoms with E-state index in [1.807, 2.05) is 61.5 Å². The second kappa shape index (κ2) is 11.1. The summed E-state index contributed by atoms with van der Waals surface area (Å²) in [5, 5.41) is 1.45. The molecule has 0 aromatic heterocycles. The van der Waals surface area contributed by atoms with Gasteiger partial charge in [0.1, 0.15) is 5.75 Å². The van der Waals surface area contributed by atoms with Crippen molar-refractivity contribution < 1.29 is 14.3 Å². The summed E-state index contributed by atoms with van der Waals surface area (Å²) in [7, 11) is 5.54. The van der Waals surface area contributed by atoms with Crippen molar-refractivity contribution in [2.24, 2.45) is 0 Å². The maximum Gasteiger partial charge on any atom is 0.261 e. The second-order valence-corrected chi connectivity index (χ2v) is 8.48. The fourth-order valence-corrected chi connectivity index (χ4v) is 3.96. The van der Waals surface area contributed by atoms with Gasteiger partial charge in [0.25, 0.3) is 11.8 Å². The number of ether oxygens (including phenoxy) is 1. The SMILES string of the molecule is C=CC(Cl)c1ccccc1.COc1ccc2c3c(cccc13)C(=O)N(CCCN(C)C)C2=O. The first kappa shape index (κ1) is 24.5. The lowest BCUT2D eigenvalue weighted by molar-refractivity contribution is 0.0606. The molecule has 172 valence electrons. The highest BCUT2D eigenvalue weighted by atomic mass is 35.5. The van der Waals surface area contributed by atoms with Crippen LogP contribution in [0, 0.1) is 0 Å². The van der Waals surface area contributed by atoms with E-state index < -0.39 is 0 Å². The van der Waals surface area contributed by atoms with Crippen molar-refractivity contribution in [2.45, 2.75) is 11.8 Å². The minimum Gasteiger partial charge on any atom is -0.496 e. The fraction of sp³-hybridized carbons (Fsp3) is 0.259. The average Bonchev–Trinajstić information content (AvgIpc) is 2.84. The Morgan fingerprint density at radius 3 is 2.27 bits per heavy atom. The molecule has 0 bridgehead atoms. The molecule has 2 amide bonds. The Labute approximate surface area is 200 Å². The van der Waals surface area contributed by atoms with Gasteiger partial charge >= 0.3 is 0 Å². The van der Waals surface area contributed by atoms with Crippen LogP contribution >= 0.6 is 11.6 Å². The zero-order valence-corrected chi connectivity index (χ0v) is 20.0. The van der Waals surface area contributed by atoms with Crippen LogP contribution in [0.3, 0.4) is 0 Å². The highest BCUT2D eigenvalue weighted by Crippen LogP contribution is 2.35. The van der Waals surface area contributed by atoms with E-state index in [0.29, 0.717) is 28.8 Å². The van der Waals surface area contributed by atoms with Gasteiger partial charge in [-0.05, 0) is 50.8 Å². The Kier molecular flexibility index (Phi) is 8.26. The van der Waals surface area contributed by atoms with E-state index in [1.165, 1.54) is 4.90 Å².